The third kappa shape index (κ3) is 5.28. The molecule has 1 atom stereocenters. The smallest absolute Gasteiger partial charge is 0.256 e. The molecule has 0 saturated heterocycles. The summed E-state index contributed by atoms with van der Waals surface area (Å²) < 4.78 is 13.6. The quantitative estimate of drug-likeness (QED) is 0.512. The standard InChI is InChI=1S/C16H21ClFN3OS/c1-5-12(17)13(18)7-9(3)21-16(22)11-8-23-14(10(11)4)15(19)20-6-2/h5,7-8,15,20H,3,6,19H2,1-2,4H3,(H,21,22)/b12-5+,13-7+. The maximum absolute atomic E-state index is 13.6. The van der Waals surface area contributed by atoms with Gasteiger partial charge in [-0.15, -0.1) is 11.3 Å². The van der Waals surface area contributed by atoms with Crippen molar-refractivity contribution in [3.8, 4) is 0 Å². The predicted molar refractivity (Wildman–Crippen MR) is 95.1 cm³/mol. The number of amides is 1. The molecule has 4 N–H and O–H groups in total. The van der Waals surface area contributed by atoms with E-state index in [-0.39, 0.29) is 22.8 Å². The minimum absolute atomic E-state index is 0.0361. The van der Waals surface area contributed by atoms with Gasteiger partial charge in [0.05, 0.1) is 16.8 Å². The molecule has 4 nitrogen and oxygen atoms in total. The normalized spacial score (nSPS) is 13.8. The first-order chi connectivity index (χ1) is 10.8. The van der Waals surface area contributed by atoms with Gasteiger partial charge in [-0.25, -0.2) is 4.39 Å². The van der Waals surface area contributed by atoms with E-state index in [2.05, 4.69) is 17.2 Å². The van der Waals surface area contributed by atoms with Crippen molar-refractivity contribution in [2.24, 2.45) is 5.73 Å². The molecular formula is C16H21ClFN3OS. The van der Waals surface area contributed by atoms with Crippen molar-refractivity contribution in [3.05, 3.63) is 56.7 Å². The molecule has 7 heteroatoms. The molecule has 1 amide bonds. The molecule has 0 spiro atoms. The van der Waals surface area contributed by atoms with E-state index in [1.165, 1.54) is 17.4 Å². The number of rotatable bonds is 7. The Morgan fingerprint density at radius 2 is 2.26 bits per heavy atom. The summed E-state index contributed by atoms with van der Waals surface area (Å²) in [6, 6.07) is 0. The maximum atomic E-state index is 13.6. The molecule has 0 radical (unpaired) electrons. The van der Waals surface area contributed by atoms with Gasteiger partial charge >= 0.3 is 0 Å². The van der Waals surface area contributed by atoms with Gasteiger partial charge in [-0.05, 0) is 32.0 Å². The monoisotopic (exact) mass is 357 g/mol. The Morgan fingerprint density at radius 3 is 2.83 bits per heavy atom. The molecule has 1 aromatic rings. The van der Waals surface area contributed by atoms with E-state index in [4.69, 9.17) is 17.3 Å². The van der Waals surface area contributed by atoms with Crippen molar-refractivity contribution in [2.45, 2.75) is 26.9 Å². The summed E-state index contributed by atoms with van der Waals surface area (Å²) in [6.07, 6.45) is 2.17. The van der Waals surface area contributed by atoms with Gasteiger partial charge in [0.1, 0.15) is 5.83 Å². The molecule has 0 aliphatic heterocycles. The third-order valence-corrected chi connectivity index (χ3v) is 4.65. The number of hydrogen-bond donors (Lipinski definition) is 3. The lowest BCUT2D eigenvalue weighted by atomic mass is 10.1. The van der Waals surface area contributed by atoms with Crippen LogP contribution in [0.25, 0.3) is 0 Å². The van der Waals surface area contributed by atoms with Crippen molar-refractivity contribution in [1.29, 1.82) is 0 Å². The van der Waals surface area contributed by atoms with Crippen LogP contribution in [0.2, 0.25) is 0 Å². The molecule has 0 aromatic carbocycles. The first-order valence-electron chi connectivity index (χ1n) is 7.08. The van der Waals surface area contributed by atoms with Crippen LogP contribution in [0, 0.1) is 6.92 Å². The number of thiophene rings is 1. The van der Waals surface area contributed by atoms with Gasteiger partial charge in [0.2, 0.25) is 0 Å². The van der Waals surface area contributed by atoms with Crippen LogP contribution >= 0.6 is 22.9 Å². The van der Waals surface area contributed by atoms with Crippen LogP contribution in [0.4, 0.5) is 4.39 Å². The highest BCUT2D eigenvalue weighted by atomic mass is 35.5. The Hall–Kier alpha value is -1.47. The lowest BCUT2D eigenvalue weighted by molar-refractivity contribution is 0.0967. The van der Waals surface area contributed by atoms with E-state index < -0.39 is 5.83 Å². The summed E-state index contributed by atoms with van der Waals surface area (Å²) in [7, 11) is 0. The van der Waals surface area contributed by atoms with Crippen LogP contribution in [0.3, 0.4) is 0 Å². The van der Waals surface area contributed by atoms with Crippen molar-refractivity contribution in [2.75, 3.05) is 6.54 Å². The number of hydrogen-bond acceptors (Lipinski definition) is 4. The zero-order valence-corrected chi connectivity index (χ0v) is 14.9. The summed E-state index contributed by atoms with van der Waals surface area (Å²) in [5.74, 6) is -1.02. The molecule has 23 heavy (non-hydrogen) atoms. The second-order valence-corrected chi connectivity index (χ2v) is 6.10. The molecule has 0 fully saturated rings. The lowest BCUT2D eigenvalue weighted by Gasteiger charge is -2.12. The van der Waals surface area contributed by atoms with Crippen LogP contribution < -0.4 is 16.4 Å². The molecule has 1 unspecified atom stereocenters. The summed E-state index contributed by atoms with van der Waals surface area (Å²) in [5.41, 5.74) is 7.41. The second kappa shape index (κ2) is 8.98. The summed E-state index contributed by atoms with van der Waals surface area (Å²) >= 11 is 7.06. The predicted octanol–water partition coefficient (Wildman–Crippen LogP) is 3.86. The van der Waals surface area contributed by atoms with E-state index in [1.54, 1.807) is 12.3 Å². The highest BCUT2D eigenvalue weighted by Gasteiger charge is 2.18. The van der Waals surface area contributed by atoms with Gasteiger partial charge in [0, 0.05) is 16.0 Å². The molecule has 126 valence electrons. The summed E-state index contributed by atoms with van der Waals surface area (Å²) in [6.45, 7) is 9.73. The summed E-state index contributed by atoms with van der Waals surface area (Å²) in [4.78, 5) is 13.2. The van der Waals surface area contributed by atoms with Gasteiger partial charge < -0.3 is 11.1 Å². The van der Waals surface area contributed by atoms with Crippen LogP contribution in [0.15, 0.2) is 40.7 Å². The maximum Gasteiger partial charge on any atom is 0.256 e. The highest BCUT2D eigenvalue weighted by molar-refractivity contribution is 7.10. The van der Waals surface area contributed by atoms with Crippen molar-refractivity contribution in [1.82, 2.24) is 10.6 Å². The van der Waals surface area contributed by atoms with Gasteiger partial charge in [0.25, 0.3) is 5.91 Å². The largest absolute Gasteiger partial charge is 0.322 e. The summed E-state index contributed by atoms with van der Waals surface area (Å²) in [5, 5.41) is 7.33. The Morgan fingerprint density at radius 1 is 1.61 bits per heavy atom. The molecule has 1 aromatic heterocycles. The van der Waals surface area contributed by atoms with E-state index in [9.17, 15) is 9.18 Å². The number of carbonyl (C=O) groups excluding carboxylic acids is 1. The fourth-order valence-corrected chi connectivity index (χ4v) is 2.98. The molecule has 1 rings (SSSR count). The number of carbonyl (C=O) groups is 1. The number of halogens is 2. The average molecular weight is 358 g/mol. The molecule has 0 saturated carbocycles. The second-order valence-electron chi connectivity index (χ2n) is 4.78. The molecule has 0 aliphatic rings. The topological polar surface area (TPSA) is 67.2 Å². The van der Waals surface area contributed by atoms with E-state index >= 15 is 0 Å². The van der Waals surface area contributed by atoms with Crippen molar-refractivity contribution in [3.63, 3.8) is 0 Å². The van der Waals surface area contributed by atoms with Crippen LogP contribution in [0.5, 0.6) is 0 Å². The van der Waals surface area contributed by atoms with E-state index in [0.717, 1.165) is 23.1 Å². The minimum Gasteiger partial charge on any atom is -0.322 e. The van der Waals surface area contributed by atoms with Crippen molar-refractivity contribution < 1.29 is 9.18 Å². The Kier molecular flexibility index (Phi) is 7.64. The zero-order chi connectivity index (χ0) is 17.6. The number of nitrogens with two attached hydrogens (primary N) is 1. The van der Waals surface area contributed by atoms with E-state index in [0.29, 0.717) is 5.56 Å². The van der Waals surface area contributed by atoms with E-state index in [1.807, 2.05) is 13.8 Å². The Labute approximate surface area is 144 Å². The van der Waals surface area contributed by atoms with Gasteiger partial charge in [-0.1, -0.05) is 31.2 Å². The fourth-order valence-electron chi connectivity index (χ4n) is 1.88. The third-order valence-electron chi connectivity index (χ3n) is 3.09. The van der Waals surface area contributed by atoms with Crippen LogP contribution in [-0.4, -0.2) is 12.5 Å². The van der Waals surface area contributed by atoms with Crippen LogP contribution in [-0.2, 0) is 0 Å². The number of nitrogens with one attached hydrogen (secondary N) is 2. The highest BCUT2D eigenvalue weighted by Crippen LogP contribution is 2.26. The first kappa shape index (κ1) is 19.6. The molecule has 0 aliphatic carbocycles. The number of allylic oxidation sites excluding steroid dienone is 4. The first-order valence-corrected chi connectivity index (χ1v) is 8.34. The zero-order valence-electron chi connectivity index (χ0n) is 13.4. The van der Waals surface area contributed by atoms with Crippen molar-refractivity contribution >= 4 is 28.8 Å². The Balaban J connectivity index is 2.85. The minimum atomic E-state index is -0.656. The molecule has 1 heterocycles. The molecular weight excluding hydrogens is 337 g/mol. The SMILES string of the molecule is C=C(/C=C(F)\C(Cl)=C/C)NC(=O)c1csc(C(N)NCC)c1C. The van der Waals surface area contributed by atoms with Crippen LogP contribution in [0.1, 0.15) is 40.8 Å². The van der Waals surface area contributed by atoms with Gasteiger partial charge in [0.15, 0.2) is 0 Å². The lowest BCUT2D eigenvalue weighted by Crippen LogP contribution is -2.28. The van der Waals surface area contributed by atoms with Gasteiger partial charge in [-0.3, -0.25) is 10.1 Å². The Bertz CT molecular complexity index is 652. The average Bonchev–Trinajstić information content (AvgIpc) is 2.88. The fraction of sp³-hybridized carbons (Fsp3) is 0.312. The molecule has 0 bridgehead atoms. The van der Waals surface area contributed by atoms with Gasteiger partial charge in [-0.2, -0.15) is 0 Å².